The van der Waals surface area contributed by atoms with Gasteiger partial charge in [-0.1, -0.05) is 41.0 Å². The van der Waals surface area contributed by atoms with Gasteiger partial charge in [0, 0.05) is 10.7 Å². The molecule has 1 heterocycles. The molecule has 2 amide bonds. The number of benzene rings is 3. The van der Waals surface area contributed by atoms with Crippen molar-refractivity contribution in [3.05, 3.63) is 88.2 Å². The van der Waals surface area contributed by atoms with E-state index in [9.17, 15) is 22.8 Å². The molecule has 43 heavy (non-hydrogen) atoms. The zero-order chi connectivity index (χ0) is 31.0. The minimum absolute atomic E-state index is 0.0997. The number of alkyl halides is 3. The van der Waals surface area contributed by atoms with Crippen molar-refractivity contribution in [2.75, 3.05) is 24.3 Å². The Bertz CT molecular complexity index is 1590. The molecule has 1 aromatic heterocycles. The van der Waals surface area contributed by atoms with E-state index in [4.69, 9.17) is 32.7 Å². The van der Waals surface area contributed by atoms with Crippen LogP contribution in [0.4, 0.5) is 18.9 Å². The molecule has 0 aliphatic heterocycles. The lowest BCUT2D eigenvalue weighted by molar-refractivity contribution is -0.137. The zero-order valence-electron chi connectivity index (χ0n) is 22.5. The van der Waals surface area contributed by atoms with Crippen molar-refractivity contribution in [1.82, 2.24) is 20.1 Å². The maximum atomic E-state index is 13.5. The van der Waals surface area contributed by atoms with Crippen molar-refractivity contribution in [2.24, 2.45) is 0 Å². The Labute approximate surface area is 258 Å². The van der Waals surface area contributed by atoms with Crippen LogP contribution in [0.2, 0.25) is 10.0 Å². The summed E-state index contributed by atoms with van der Waals surface area (Å²) in [5.74, 6) is -0.00726. The van der Waals surface area contributed by atoms with Crippen LogP contribution < -0.4 is 20.1 Å². The lowest BCUT2D eigenvalue weighted by Crippen LogP contribution is -2.29. The Morgan fingerprint density at radius 2 is 1.74 bits per heavy atom. The Kier molecular flexibility index (Phi) is 10.8. The van der Waals surface area contributed by atoms with Gasteiger partial charge in [0.05, 0.1) is 35.2 Å². The summed E-state index contributed by atoms with van der Waals surface area (Å²) in [6.07, 6.45) is -4.59. The zero-order valence-corrected chi connectivity index (χ0v) is 24.8. The number of nitrogens with zero attached hydrogens (tertiary/aromatic N) is 3. The highest BCUT2D eigenvalue weighted by Gasteiger charge is 2.31. The van der Waals surface area contributed by atoms with Crippen molar-refractivity contribution in [3.8, 4) is 17.2 Å². The van der Waals surface area contributed by atoms with Crippen molar-refractivity contribution < 1.29 is 32.2 Å². The average Bonchev–Trinajstić information content (AvgIpc) is 3.38. The minimum atomic E-state index is -4.59. The number of carbonyl (C=O) groups excluding carboxylic acids is 2. The van der Waals surface area contributed by atoms with E-state index in [-0.39, 0.29) is 45.6 Å². The normalized spacial score (nSPS) is 11.2. The fourth-order valence-electron chi connectivity index (χ4n) is 3.68. The first-order chi connectivity index (χ1) is 20.5. The Hall–Kier alpha value is -3.94. The predicted octanol–water partition coefficient (Wildman–Crippen LogP) is 6.42. The summed E-state index contributed by atoms with van der Waals surface area (Å²) < 4.78 is 52.6. The molecule has 0 saturated heterocycles. The summed E-state index contributed by atoms with van der Waals surface area (Å²) in [5.41, 5.74) is -0.243. The number of amides is 2. The molecule has 0 radical (unpaired) electrons. The Morgan fingerprint density at radius 1 is 0.977 bits per heavy atom. The van der Waals surface area contributed by atoms with Gasteiger partial charge in [0.25, 0.3) is 5.91 Å². The predicted molar refractivity (Wildman–Crippen MR) is 157 cm³/mol. The number of carbonyl (C=O) groups is 2. The summed E-state index contributed by atoms with van der Waals surface area (Å²) in [4.78, 5) is 25.1. The second-order valence-corrected chi connectivity index (χ2v) is 10.5. The number of anilines is 1. The number of hydrogen-bond acceptors (Lipinski definition) is 7. The van der Waals surface area contributed by atoms with Gasteiger partial charge in [-0.2, -0.15) is 13.2 Å². The first-order valence-electron chi connectivity index (χ1n) is 12.7. The number of ether oxygens (including phenoxy) is 2. The molecule has 0 unspecified atom stereocenters. The number of rotatable bonds is 12. The lowest BCUT2D eigenvalue weighted by atomic mass is 10.2. The van der Waals surface area contributed by atoms with Crippen LogP contribution in [0.3, 0.4) is 0 Å². The molecule has 0 aliphatic carbocycles. The molecule has 0 bridgehead atoms. The maximum absolute atomic E-state index is 13.5. The quantitative estimate of drug-likeness (QED) is 0.170. The number of hydrogen-bond donors (Lipinski definition) is 2. The molecule has 2 N–H and O–H groups in total. The van der Waals surface area contributed by atoms with Crippen LogP contribution in [0.25, 0.3) is 5.69 Å². The van der Waals surface area contributed by atoms with Gasteiger partial charge in [-0.05, 0) is 67.6 Å². The summed E-state index contributed by atoms with van der Waals surface area (Å²) in [7, 11) is 0. The van der Waals surface area contributed by atoms with Gasteiger partial charge in [-0.3, -0.25) is 14.2 Å². The third kappa shape index (κ3) is 9.02. The molecule has 9 nitrogen and oxygen atoms in total. The molecule has 15 heteroatoms. The highest BCUT2D eigenvalue weighted by Crippen LogP contribution is 2.32. The van der Waals surface area contributed by atoms with Crippen LogP contribution in [0.1, 0.15) is 18.3 Å². The van der Waals surface area contributed by atoms with E-state index in [0.29, 0.717) is 23.1 Å². The molecule has 0 fully saturated rings. The fraction of sp³-hybridized carbons (Fsp3) is 0.214. The largest absolute Gasteiger partial charge is 0.494 e. The summed E-state index contributed by atoms with van der Waals surface area (Å²) in [5, 5.41) is 14.2. The third-order valence-corrected chi connectivity index (χ3v) is 7.07. The lowest BCUT2D eigenvalue weighted by Gasteiger charge is -2.14. The van der Waals surface area contributed by atoms with Crippen LogP contribution in [0.5, 0.6) is 11.5 Å². The molecule has 0 spiro atoms. The second kappa shape index (κ2) is 14.5. The Morgan fingerprint density at radius 3 is 2.44 bits per heavy atom. The molecule has 0 saturated carbocycles. The topological polar surface area (TPSA) is 107 Å². The average molecular weight is 654 g/mol. The summed E-state index contributed by atoms with van der Waals surface area (Å²) >= 11 is 12.9. The highest BCUT2D eigenvalue weighted by molar-refractivity contribution is 7.99. The van der Waals surface area contributed by atoms with Crippen molar-refractivity contribution >= 4 is 52.5 Å². The van der Waals surface area contributed by atoms with E-state index in [0.717, 1.165) is 23.9 Å². The van der Waals surface area contributed by atoms with Gasteiger partial charge in [0.15, 0.2) is 17.6 Å². The maximum Gasteiger partial charge on any atom is 0.416 e. The van der Waals surface area contributed by atoms with E-state index < -0.39 is 24.3 Å². The van der Waals surface area contributed by atoms with Gasteiger partial charge in [-0.15, -0.1) is 10.2 Å². The first kappa shape index (κ1) is 32.0. The van der Waals surface area contributed by atoms with E-state index in [1.165, 1.54) is 28.8 Å². The summed E-state index contributed by atoms with van der Waals surface area (Å²) in [6, 6.07) is 15.9. The van der Waals surface area contributed by atoms with Crippen molar-refractivity contribution in [2.45, 2.75) is 24.8 Å². The van der Waals surface area contributed by atoms with E-state index in [1.54, 1.807) is 30.3 Å². The van der Waals surface area contributed by atoms with Gasteiger partial charge in [0.1, 0.15) is 11.5 Å². The number of aromatic nitrogens is 3. The van der Waals surface area contributed by atoms with Gasteiger partial charge >= 0.3 is 6.18 Å². The number of nitrogens with one attached hydrogen (secondary N) is 2. The first-order valence-corrected chi connectivity index (χ1v) is 14.4. The Balaban J connectivity index is 1.47. The van der Waals surface area contributed by atoms with Crippen molar-refractivity contribution in [1.29, 1.82) is 0 Å². The monoisotopic (exact) mass is 653 g/mol. The van der Waals surface area contributed by atoms with Gasteiger partial charge in [-0.25, -0.2) is 0 Å². The van der Waals surface area contributed by atoms with Crippen LogP contribution in [-0.4, -0.2) is 45.5 Å². The van der Waals surface area contributed by atoms with E-state index in [1.807, 2.05) is 6.92 Å². The van der Waals surface area contributed by atoms with E-state index in [2.05, 4.69) is 20.8 Å². The molecule has 0 aliphatic rings. The van der Waals surface area contributed by atoms with Crippen LogP contribution in [0.15, 0.2) is 71.9 Å². The van der Waals surface area contributed by atoms with Crippen LogP contribution >= 0.6 is 35.0 Å². The highest BCUT2D eigenvalue weighted by atomic mass is 35.5. The molecular weight excluding hydrogens is 630 g/mol. The number of thioether (sulfide) groups is 1. The fourth-order valence-corrected chi connectivity index (χ4v) is 4.92. The summed E-state index contributed by atoms with van der Waals surface area (Å²) in [6.45, 7) is 1.77. The molecule has 3 aromatic carbocycles. The smallest absolute Gasteiger partial charge is 0.416 e. The molecular formula is C28H24Cl2F3N5O4S. The SMILES string of the molecule is CCOc1ccc(NC(=O)CSc2nnc(CNC(=O)COc3ccc(Cl)cc3Cl)n2-c2cccc(C(F)(F)F)c2)cc1. The molecule has 226 valence electrons. The van der Waals surface area contributed by atoms with Gasteiger partial charge < -0.3 is 20.1 Å². The number of halogens is 5. The molecule has 4 aromatic rings. The van der Waals surface area contributed by atoms with Gasteiger partial charge in [0.2, 0.25) is 5.91 Å². The van der Waals surface area contributed by atoms with E-state index >= 15 is 0 Å². The van der Waals surface area contributed by atoms with Crippen LogP contribution in [-0.2, 0) is 22.3 Å². The molecule has 0 atom stereocenters. The third-order valence-electron chi connectivity index (χ3n) is 5.61. The standard InChI is InChI=1S/C28H24Cl2F3N5O4S/c1-2-41-21-9-7-19(8-10-21)35-26(40)16-43-27-37-36-24(38(27)20-5-3-4-17(12-20)28(31,32)33)14-34-25(39)15-42-23-11-6-18(29)13-22(23)30/h3-13H,2,14-16H2,1H3,(H,34,39)(H,35,40). The van der Waals surface area contributed by atoms with Crippen LogP contribution in [0, 0.1) is 0 Å². The minimum Gasteiger partial charge on any atom is -0.494 e. The molecule has 4 rings (SSSR count). The van der Waals surface area contributed by atoms with Crippen molar-refractivity contribution in [3.63, 3.8) is 0 Å². The second-order valence-electron chi connectivity index (χ2n) is 8.72.